The Balaban J connectivity index is 1.44. The van der Waals surface area contributed by atoms with Gasteiger partial charge in [-0.3, -0.25) is 9.36 Å². The Hall–Kier alpha value is -2.73. The van der Waals surface area contributed by atoms with Gasteiger partial charge in [0, 0.05) is 41.2 Å². The zero-order valence-corrected chi connectivity index (χ0v) is 22.1. The van der Waals surface area contributed by atoms with Crippen LogP contribution in [0.3, 0.4) is 0 Å². The molecule has 0 aliphatic heterocycles. The standard InChI is InChI=1S/C30H41N5O/c1-4-34(5-2)25-17-15-24(16-18-25)32-30-31-20-23-19-27(21(3)22-11-7-6-8-12-22)29(36)35(28(23)33-30)26-13-9-10-14-26/h6-8,11-12,19-21,24-26H,4-5,9-10,13-18H2,1-3H3,(H,31,32,33). The molecule has 0 spiro atoms. The normalized spacial score (nSPS) is 21.8. The largest absolute Gasteiger partial charge is 0.351 e. The molecule has 0 radical (unpaired) electrons. The highest BCUT2D eigenvalue weighted by Crippen LogP contribution is 2.33. The summed E-state index contributed by atoms with van der Waals surface area (Å²) in [6.45, 7) is 8.88. The topological polar surface area (TPSA) is 63.1 Å². The van der Waals surface area contributed by atoms with Crippen LogP contribution in [0.15, 0.2) is 47.4 Å². The van der Waals surface area contributed by atoms with Crippen molar-refractivity contribution in [2.24, 2.45) is 0 Å². The molecule has 2 saturated carbocycles. The molecule has 36 heavy (non-hydrogen) atoms. The first-order chi connectivity index (χ1) is 17.6. The van der Waals surface area contributed by atoms with Gasteiger partial charge in [-0.05, 0) is 63.2 Å². The number of nitrogens with one attached hydrogen (secondary N) is 1. The first-order valence-corrected chi connectivity index (χ1v) is 14.1. The second-order valence-corrected chi connectivity index (χ2v) is 10.7. The quantitative estimate of drug-likeness (QED) is 0.414. The monoisotopic (exact) mass is 487 g/mol. The van der Waals surface area contributed by atoms with E-state index in [2.05, 4.69) is 43.1 Å². The van der Waals surface area contributed by atoms with Crippen LogP contribution in [0.5, 0.6) is 0 Å². The average Bonchev–Trinajstić information content (AvgIpc) is 3.44. The van der Waals surface area contributed by atoms with Crippen LogP contribution >= 0.6 is 0 Å². The van der Waals surface area contributed by atoms with Gasteiger partial charge in [-0.25, -0.2) is 4.98 Å². The zero-order valence-electron chi connectivity index (χ0n) is 22.1. The number of fused-ring (bicyclic) bond motifs is 1. The summed E-state index contributed by atoms with van der Waals surface area (Å²) in [7, 11) is 0. The Bertz CT molecular complexity index is 1210. The molecular formula is C30H41N5O. The van der Waals surface area contributed by atoms with Crippen LogP contribution in [0, 0.1) is 0 Å². The summed E-state index contributed by atoms with van der Waals surface area (Å²) in [5.41, 5.74) is 2.88. The van der Waals surface area contributed by atoms with Crippen LogP contribution < -0.4 is 10.9 Å². The van der Waals surface area contributed by atoms with Gasteiger partial charge in [0.15, 0.2) is 0 Å². The first-order valence-electron chi connectivity index (χ1n) is 14.1. The molecule has 192 valence electrons. The van der Waals surface area contributed by atoms with E-state index in [1.165, 1.54) is 25.7 Å². The summed E-state index contributed by atoms with van der Waals surface area (Å²) >= 11 is 0. The van der Waals surface area contributed by atoms with Crippen LogP contribution in [0.2, 0.25) is 0 Å². The van der Waals surface area contributed by atoms with E-state index in [1.807, 2.05) is 35.0 Å². The van der Waals surface area contributed by atoms with Crippen LogP contribution in [0.25, 0.3) is 11.0 Å². The highest BCUT2D eigenvalue weighted by atomic mass is 16.1. The van der Waals surface area contributed by atoms with E-state index >= 15 is 0 Å². The van der Waals surface area contributed by atoms with Gasteiger partial charge in [0.05, 0.1) is 0 Å². The lowest BCUT2D eigenvalue weighted by molar-refractivity contribution is 0.167. The van der Waals surface area contributed by atoms with Crippen LogP contribution in [0.4, 0.5) is 5.95 Å². The van der Waals surface area contributed by atoms with E-state index in [4.69, 9.17) is 9.97 Å². The third-order valence-electron chi connectivity index (χ3n) is 8.62. The van der Waals surface area contributed by atoms with Crippen molar-refractivity contribution in [1.29, 1.82) is 0 Å². The lowest BCUT2D eigenvalue weighted by Crippen LogP contribution is -2.40. The molecule has 0 saturated heterocycles. The first kappa shape index (κ1) is 24.9. The number of rotatable bonds is 8. The summed E-state index contributed by atoms with van der Waals surface area (Å²) in [6.07, 6.45) is 11.0. The fraction of sp³-hybridized carbons (Fsp3) is 0.567. The molecule has 2 aromatic heterocycles. The summed E-state index contributed by atoms with van der Waals surface area (Å²) in [5.74, 6) is 0.679. The molecule has 6 heteroatoms. The molecule has 6 nitrogen and oxygen atoms in total. The fourth-order valence-electron chi connectivity index (χ4n) is 6.45. The molecule has 1 unspecified atom stereocenters. The van der Waals surface area contributed by atoms with Crippen molar-refractivity contribution < 1.29 is 0 Å². The maximum absolute atomic E-state index is 13.9. The Morgan fingerprint density at radius 2 is 1.72 bits per heavy atom. The van der Waals surface area contributed by atoms with Gasteiger partial charge in [-0.15, -0.1) is 0 Å². The van der Waals surface area contributed by atoms with E-state index in [-0.39, 0.29) is 17.5 Å². The fourth-order valence-corrected chi connectivity index (χ4v) is 6.45. The van der Waals surface area contributed by atoms with Crippen molar-refractivity contribution >= 4 is 17.0 Å². The second kappa shape index (κ2) is 11.1. The second-order valence-electron chi connectivity index (χ2n) is 10.7. The van der Waals surface area contributed by atoms with Crippen LogP contribution in [-0.2, 0) is 0 Å². The summed E-state index contributed by atoms with van der Waals surface area (Å²) in [4.78, 5) is 26.2. The van der Waals surface area contributed by atoms with E-state index in [0.717, 1.165) is 60.9 Å². The van der Waals surface area contributed by atoms with Gasteiger partial charge in [0.25, 0.3) is 5.56 Å². The number of pyridine rings is 1. The van der Waals surface area contributed by atoms with Gasteiger partial charge in [0.1, 0.15) is 5.65 Å². The van der Waals surface area contributed by atoms with Gasteiger partial charge in [0.2, 0.25) is 5.95 Å². The molecular weight excluding hydrogens is 446 g/mol. The third-order valence-corrected chi connectivity index (χ3v) is 8.62. The average molecular weight is 488 g/mol. The van der Waals surface area contributed by atoms with Crippen molar-refractivity contribution in [3.8, 4) is 0 Å². The Morgan fingerprint density at radius 1 is 1.03 bits per heavy atom. The molecule has 1 atom stereocenters. The van der Waals surface area contributed by atoms with Crippen molar-refractivity contribution in [1.82, 2.24) is 19.4 Å². The summed E-state index contributed by atoms with van der Waals surface area (Å²) in [5, 5.41) is 4.57. The van der Waals surface area contributed by atoms with E-state index < -0.39 is 0 Å². The van der Waals surface area contributed by atoms with Crippen LogP contribution in [0.1, 0.15) is 95.2 Å². The lowest BCUT2D eigenvalue weighted by atomic mass is 9.90. The van der Waals surface area contributed by atoms with Crippen molar-refractivity contribution in [2.75, 3.05) is 18.4 Å². The molecule has 2 aliphatic rings. The molecule has 0 bridgehead atoms. The molecule has 3 aromatic rings. The van der Waals surface area contributed by atoms with Crippen molar-refractivity contribution in [3.05, 3.63) is 64.1 Å². The highest BCUT2D eigenvalue weighted by molar-refractivity contribution is 5.76. The molecule has 1 aromatic carbocycles. The van der Waals surface area contributed by atoms with E-state index in [1.54, 1.807) is 0 Å². The van der Waals surface area contributed by atoms with E-state index in [0.29, 0.717) is 18.0 Å². The predicted molar refractivity (Wildman–Crippen MR) is 148 cm³/mol. The molecule has 2 heterocycles. The minimum absolute atomic E-state index is 0.0227. The number of benzene rings is 1. The van der Waals surface area contributed by atoms with E-state index in [9.17, 15) is 4.79 Å². The maximum atomic E-state index is 13.9. The lowest BCUT2D eigenvalue weighted by Gasteiger charge is -2.36. The molecule has 2 aliphatic carbocycles. The van der Waals surface area contributed by atoms with Gasteiger partial charge in [-0.2, -0.15) is 4.98 Å². The third kappa shape index (κ3) is 5.06. The van der Waals surface area contributed by atoms with Crippen molar-refractivity contribution in [3.63, 3.8) is 0 Å². The number of hydrogen-bond acceptors (Lipinski definition) is 5. The minimum Gasteiger partial charge on any atom is -0.351 e. The Labute approximate surface area is 215 Å². The molecule has 5 rings (SSSR count). The van der Waals surface area contributed by atoms with Crippen molar-refractivity contribution in [2.45, 2.75) is 96.2 Å². The SMILES string of the molecule is CCN(CC)C1CCC(Nc2ncc3cc(C(C)c4ccccc4)c(=O)n(C4CCCC4)c3n2)CC1. The predicted octanol–water partition coefficient (Wildman–Crippen LogP) is 6.12. The van der Waals surface area contributed by atoms with Gasteiger partial charge < -0.3 is 10.2 Å². The smallest absolute Gasteiger partial charge is 0.256 e. The number of aromatic nitrogens is 3. The number of anilines is 1. The van der Waals surface area contributed by atoms with Gasteiger partial charge >= 0.3 is 0 Å². The summed E-state index contributed by atoms with van der Waals surface area (Å²) in [6, 6.07) is 13.6. The highest BCUT2D eigenvalue weighted by Gasteiger charge is 2.27. The van der Waals surface area contributed by atoms with Gasteiger partial charge in [-0.1, -0.05) is 63.9 Å². The summed E-state index contributed by atoms with van der Waals surface area (Å²) < 4.78 is 2.00. The number of hydrogen-bond donors (Lipinski definition) is 1. The molecule has 2 fully saturated rings. The Kier molecular flexibility index (Phi) is 7.70. The zero-order chi connectivity index (χ0) is 25.1. The number of nitrogens with zero attached hydrogens (tertiary/aromatic N) is 4. The maximum Gasteiger partial charge on any atom is 0.256 e. The molecule has 1 N–H and O–H groups in total. The molecule has 0 amide bonds. The van der Waals surface area contributed by atoms with Crippen LogP contribution in [-0.4, -0.2) is 44.6 Å². The minimum atomic E-state index is 0.0227. The Morgan fingerprint density at radius 3 is 2.39 bits per heavy atom.